The van der Waals surface area contributed by atoms with Crippen LogP contribution >= 0.6 is 15.9 Å². The van der Waals surface area contributed by atoms with Crippen molar-refractivity contribution in [3.8, 4) is 0 Å². The minimum absolute atomic E-state index is 0.0802. The number of aromatic nitrogens is 1. The van der Waals surface area contributed by atoms with Crippen LogP contribution in [0.4, 0.5) is 11.5 Å². The van der Waals surface area contributed by atoms with Crippen LogP contribution in [0.15, 0.2) is 16.7 Å². The highest BCUT2D eigenvalue weighted by molar-refractivity contribution is 9.10. The predicted octanol–water partition coefficient (Wildman–Crippen LogP) is 3.52. The maximum absolute atomic E-state index is 11.2. The molecule has 0 aromatic carbocycles. The molecule has 2 rings (SSSR count). The zero-order chi connectivity index (χ0) is 13.3. The van der Waals surface area contributed by atoms with E-state index in [1.165, 1.54) is 6.07 Å². The number of rotatable bonds is 3. The Bertz CT molecular complexity index is 467. The highest BCUT2D eigenvalue weighted by Crippen LogP contribution is 2.36. The number of nitrogens with zero attached hydrogens (tertiary/aromatic N) is 3. The van der Waals surface area contributed by atoms with Crippen molar-refractivity contribution in [3.63, 3.8) is 0 Å². The van der Waals surface area contributed by atoms with Gasteiger partial charge in [-0.05, 0) is 42.1 Å². The van der Waals surface area contributed by atoms with E-state index in [-0.39, 0.29) is 10.6 Å². The van der Waals surface area contributed by atoms with Gasteiger partial charge in [-0.15, -0.1) is 0 Å². The van der Waals surface area contributed by atoms with Gasteiger partial charge in [-0.2, -0.15) is 0 Å². The lowest BCUT2D eigenvalue weighted by Crippen LogP contribution is -2.35. The van der Waals surface area contributed by atoms with Crippen LogP contribution in [0.25, 0.3) is 0 Å². The van der Waals surface area contributed by atoms with Gasteiger partial charge in [-0.25, -0.2) is 4.98 Å². The van der Waals surface area contributed by atoms with E-state index >= 15 is 0 Å². The number of halogens is 1. The van der Waals surface area contributed by atoms with Gasteiger partial charge in [0.05, 0.1) is 4.92 Å². The van der Waals surface area contributed by atoms with Crippen LogP contribution < -0.4 is 4.90 Å². The van der Waals surface area contributed by atoms with Crippen LogP contribution in [0.3, 0.4) is 0 Å². The molecule has 1 aliphatic rings. The van der Waals surface area contributed by atoms with Crippen molar-refractivity contribution in [3.05, 3.63) is 26.9 Å². The van der Waals surface area contributed by atoms with Crippen LogP contribution in [-0.2, 0) is 0 Å². The van der Waals surface area contributed by atoms with E-state index in [0.717, 1.165) is 19.3 Å². The SMILES string of the molecule is CCC1CCC(C)N1c1ncc(Br)cc1[N+](=O)[O-]. The second-order valence-electron chi connectivity index (χ2n) is 4.65. The zero-order valence-electron chi connectivity index (χ0n) is 10.5. The predicted molar refractivity (Wildman–Crippen MR) is 73.8 cm³/mol. The van der Waals surface area contributed by atoms with E-state index < -0.39 is 0 Å². The number of pyridine rings is 1. The van der Waals surface area contributed by atoms with E-state index in [1.807, 2.05) is 0 Å². The molecule has 2 heterocycles. The molecule has 0 N–H and O–H groups in total. The van der Waals surface area contributed by atoms with Crippen LogP contribution in [-0.4, -0.2) is 22.0 Å². The van der Waals surface area contributed by atoms with Crippen LogP contribution in [0.5, 0.6) is 0 Å². The summed E-state index contributed by atoms with van der Waals surface area (Å²) in [6.07, 6.45) is 4.75. The largest absolute Gasteiger partial charge is 0.345 e. The Morgan fingerprint density at radius 3 is 2.94 bits per heavy atom. The molecule has 0 bridgehead atoms. The molecule has 0 saturated carbocycles. The lowest BCUT2D eigenvalue weighted by atomic mass is 10.1. The third-order valence-corrected chi connectivity index (χ3v) is 3.95. The normalized spacial score (nSPS) is 23.4. The number of hydrogen-bond acceptors (Lipinski definition) is 4. The van der Waals surface area contributed by atoms with Gasteiger partial charge in [0, 0.05) is 28.8 Å². The fourth-order valence-corrected chi connectivity index (χ4v) is 2.93. The molecule has 2 unspecified atom stereocenters. The summed E-state index contributed by atoms with van der Waals surface area (Å²) in [7, 11) is 0. The van der Waals surface area contributed by atoms with Crippen molar-refractivity contribution >= 4 is 27.4 Å². The third kappa shape index (κ3) is 2.34. The second kappa shape index (κ2) is 5.22. The first-order valence-corrected chi connectivity index (χ1v) is 6.92. The summed E-state index contributed by atoms with van der Waals surface area (Å²) in [5.74, 6) is 0.500. The molecule has 0 radical (unpaired) electrons. The molecule has 2 atom stereocenters. The summed E-state index contributed by atoms with van der Waals surface area (Å²) in [6, 6.07) is 2.19. The van der Waals surface area contributed by atoms with Crippen molar-refractivity contribution < 1.29 is 4.92 Å². The molecule has 98 valence electrons. The van der Waals surface area contributed by atoms with Gasteiger partial charge in [0.1, 0.15) is 0 Å². The van der Waals surface area contributed by atoms with Gasteiger partial charge in [0.15, 0.2) is 0 Å². The Hall–Kier alpha value is -1.17. The summed E-state index contributed by atoms with van der Waals surface area (Å²) in [6.45, 7) is 4.21. The van der Waals surface area contributed by atoms with Crippen LogP contribution in [0.2, 0.25) is 0 Å². The summed E-state index contributed by atoms with van der Waals surface area (Å²) in [5, 5.41) is 11.2. The lowest BCUT2D eigenvalue weighted by molar-refractivity contribution is -0.384. The maximum Gasteiger partial charge on any atom is 0.312 e. The fourth-order valence-electron chi connectivity index (χ4n) is 2.61. The van der Waals surface area contributed by atoms with E-state index in [4.69, 9.17) is 0 Å². The molecular weight excluding hydrogens is 298 g/mol. The van der Waals surface area contributed by atoms with Crippen molar-refractivity contribution in [2.45, 2.75) is 45.2 Å². The smallest absolute Gasteiger partial charge is 0.312 e. The number of anilines is 1. The Morgan fingerprint density at radius 2 is 2.33 bits per heavy atom. The minimum atomic E-state index is -0.356. The molecule has 5 nitrogen and oxygen atoms in total. The van der Waals surface area contributed by atoms with Crippen LogP contribution in [0.1, 0.15) is 33.1 Å². The summed E-state index contributed by atoms with van der Waals surface area (Å²) in [5.41, 5.74) is 0.0802. The zero-order valence-corrected chi connectivity index (χ0v) is 12.1. The molecule has 0 aliphatic carbocycles. The van der Waals surface area contributed by atoms with E-state index in [2.05, 4.69) is 39.7 Å². The Morgan fingerprint density at radius 1 is 1.61 bits per heavy atom. The standard InChI is InChI=1S/C12H16BrN3O2/c1-3-10-5-4-8(2)15(10)12-11(16(17)18)6-9(13)7-14-12/h6-8,10H,3-5H2,1-2H3. The van der Waals surface area contributed by atoms with Gasteiger partial charge in [0.2, 0.25) is 5.82 Å². The fraction of sp³-hybridized carbons (Fsp3) is 0.583. The average molecular weight is 314 g/mol. The van der Waals surface area contributed by atoms with Gasteiger partial charge >= 0.3 is 5.69 Å². The van der Waals surface area contributed by atoms with Gasteiger partial charge in [-0.3, -0.25) is 10.1 Å². The molecule has 1 aromatic rings. The third-order valence-electron chi connectivity index (χ3n) is 3.51. The quantitative estimate of drug-likeness (QED) is 0.632. The Labute approximate surface area is 114 Å². The monoisotopic (exact) mass is 313 g/mol. The van der Waals surface area contributed by atoms with Crippen molar-refractivity contribution in [1.82, 2.24) is 4.98 Å². The topological polar surface area (TPSA) is 59.3 Å². The lowest BCUT2D eigenvalue weighted by Gasteiger charge is -2.28. The number of hydrogen-bond donors (Lipinski definition) is 0. The highest BCUT2D eigenvalue weighted by Gasteiger charge is 2.34. The first-order chi connectivity index (χ1) is 8.54. The molecule has 6 heteroatoms. The first kappa shape index (κ1) is 13.3. The average Bonchev–Trinajstić information content (AvgIpc) is 2.70. The van der Waals surface area contributed by atoms with Crippen molar-refractivity contribution in [2.75, 3.05) is 4.90 Å². The minimum Gasteiger partial charge on any atom is -0.345 e. The Balaban J connectivity index is 2.46. The number of nitro groups is 1. The van der Waals surface area contributed by atoms with Crippen molar-refractivity contribution in [1.29, 1.82) is 0 Å². The molecular formula is C12H16BrN3O2. The van der Waals surface area contributed by atoms with E-state index in [1.54, 1.807) is 6.20 Å². The summed E-state index contributed by atoms with van der Waals surface area (Å²) < 4.78 is 0.637. The van der Waals surface area contributed by atoms with E-state index in [9.17, 15) is 10.1 Å². The maximum atomic E-state index is 11.2. The van der Waals surface area contributed by atoms with Crippen LogP contribution in [0, 0.1) is 10.1 Å². The Kier molecular flexibility index (Phi) is 3.85. The molecule has 1 aliphatic heterocycles. The molecule has 0 spiro atoms. The van der Waals surface area contributed by atoms with Gasteiger partial charge < -0.3 is 4.90 Å². The van der Waals surface area contributed by atoms with Gasteiger partial charge in [0.25, 0.3) is 0 Å². The second-order valence-corrected chi connectivity index (χ2v) is 5.56. The molecule has 1 aromatic heterocycles. The van der Waals surface area contributed by atoms with Crippen molar-refractivity contribution in [2.24, 2.45) is 0 Å². The highest BCUT2D eigenvalue weighted by atomic mass is 79.9. The molecule has 18 heavy (non-hydrogen) atoms. The molecule has 0 amide bonds. The van der Waals surface area contributed by atoms with E-state index in [0.29, 0.717) is 22.4 Å². The van der Waals surface area contributed by atoms with Gasteiger partial charge in [-0.1, -0.05) is 6.92 Å². The summed E-state index contributed by atoms with van der Waals surface area (Å²) in [4.78, 5) is 17.2. The molecule has 1 fully saturated rings. The summed E-state index contributed by atoms with van der Waals surface area (Å²) >= 11 is 3.24. The first-order valence-electron chi connectivity index (χ1n) is 6.12. The molecule has 1 saturated heterocycles.